The molecule has 0 radical (unpaired) electrons. The van der Waals surface area contributed by atoms with Crippen LogP contribution in [0.1, 0.15) is 0 Å². The molecule has 17 heavy (non-hydrogen) atoms. The number of anilines is 3. The molecule has 88 valence electrons. The lowest BCUT2D eigenvalue weighted by atomic mass is 10.2. The van der Waals surface area contributed by atoms with E-state index in [2.05, 4.69) is 51.8 Å². The Hall–Kier alpha value is -1.13. The zero-order chi connectivity index (χ0) is 12.3. The number of hydrogen-bond acceptors (Lipinski definition) is 3. The molecule has 0 amide bonds. The summed E-state index contributed by atoms with van der Waals surface area (Å²) in [7, 11) is 0. The first-order chi connectivity index (χ1) is 8.19. The van der Waals surface area contributed by atoms with Gasteiger partial charge in [-0.25, -0.2) is 0 Å². The maximum absolute atomic E-state index is 5.70. The minimum Gasteiger partial charge on any atom is -0.399 e. The molecule has 2 nitrogen and oxygen atoms in total. The van der Waals surface area contributed by atoms with Gasteiger partial charge in [-0.05, 0) is 64.7 Å². The minimum absolute atomic E-state index is 0.750. The van der Waals surface area contributed by atoms with Crippen LogP contribution in [-0.4, -0.2) is 6.26 Å². The fraction of sp³-hybridized carbons (Fsp3) is 0.0769. The molecular formula is C13H13BrN2S. The Balaban J connectivity index is 2.19. The molecule has 0 aliphatic rings. The van der Waals surface area contributed by atoms with Gasteiger partial charge in [0.25, 0.3) is 0 Å². The van der Waals surface area contributed by atoms with Crippen LogP contribution in [0.3, 0.4) is 0 Å². The highest BCUT2D eigenvalue weighted by Crippen LogP contribution is 2.28. The van der Waals surface area contributed by atoms with Crippen molar-refractivity contribution in [3.05, 3.63) is 46.9 Å². The van der Waals surface area contributed by atoms with E-state index in [1.54, 1.807) is 11.8 Å². The van der Waals surface area contributed by atoms with Crippen molar-refractivity contribution >= 4 is 44.8 Å². The zero-order valence-electron chi connectivity index (χ0n) is 9.41. The van der Waals surface area contributed by atoms with E-state index in [1.165, 1.54) is 4.90 Å². The molecule has 0 unspecified atom stereocenters. The number of nitrogens with one attached hydrogen (secondary N) is 1. The second-order valence-electron chi connectivity index (χ2n) is 3.59. The lowest BCUT2D eigenvalue weighted by Gasteiger charge is -2.09. The van der Waals surface area contributed by atoms with Crippen molar-refractivity contribution in [1.82, 2.24) is 0 Å². The van der Waals surface area contributed by atoms with Crippen LogP contribution in [0.15, 0.2) is 51.8 Å². The van der Waals surface area contributed by atoms with E-state index >= 15 is 0 Å². The summed E-state index contributed by atoms with van der Waals surface area (Å²) in [5, 5.41) is 3.34. The molecule has 2 rings (SSSR count). The van der Waals surface area contributed by atoms with Crippen LogP contribution in [0.4, 0.5) is 17.1 Å². The molecule has 0 spiro atoms. The molecule has 4 heteroatoms. The topological polar surface area (TPSA) is 38.0 Å². The van der Waals surface area contributed by atoms with Crippen molar-refractivity contribution in [3.8, 4) is 0 Å². The van der Waals surface area contributed by atoms with Crippen LogP contribution in [0, 0.1) is 0 Å². The molecule has 3 N–H and O–H groups in total. The molecule has 0 bridgehead atoms. The third kappa shape index (κ3) is 3.17. The number of rotatable bonds is 3. The van der Waals surface area contributed by atoms with Crippen molar-refractivity contribution in [1.29, 1.82) is 0 Å². The monoisotopic (exact) mass is 308 g/mol. The van der Waals surface area contributed by atoms with Crippen LogP contribution in [0.2, 0.25) is 0 Å². The highest BCUT2D eigenvalue weighted by atomic mass is 79.9. The van der Waals surface area contributed by atoms with E-state index in [0.717, 1.165) is 21.5 Å². The first-order valence-electron chi connectivity index (χ1n) is 5.15. The Morgan fingerprint density at radius 3 is 2.41 bits per heavy atom. The number of nitrogens with two attached hydrogens (primary N) is 1. The van der Waals surface area contributed by atoms with Gasteiger partial charge in [-0.15, -0.1) is 11.8 Å². The average molecular weight is 309 g/mol. The maximum Gasteiger partial charge on any atom is 0.0530 e. The summed E-state index contributed by atoms with van der Waals surface area (Å²) >= 11 is 5.22. The van der Waals surface area contributed by atoms with E-state index in [0.29, 0.717) is 0 Å². The van der Waals surface area contributed by atoms with Crippen LogP contribution < -0.4 is 11.1 Å². The molecule has 0 atom stereocenters. The van der Waals surface area contributed by atoms with Crippen molar-refractivity contribution in [2.24, 2.45) is 0 Å². The van der Waals surface area contributed by atoms with E-state index in [1.807, 2.05) is 18.2 Å². The van der Waals surface area contributed by atoms with E-state index in [-0.39, 0.29) is 0 Å². The lowest BCUT2D eigenvalue weighted by molar-refractivity contribution is 1.44. The van der Waals surface area contributed by atoms with Crippen molar-refractivity contribution < 1.29 is 0 Å². The van der Waals surface area contributed by atoms with Gasteiger partial charge in [-0.3, -0.25) is 0 Å². The fourth-order valence-corrected chi connectivity index (χ4v) is 2.37. The summed E-state index contributed by atoms with van der Waals surface area (Å²) in [6, 6.07) is 14.0. The van der Waals surface area contributed by atoms with Crippen molar-refractivity contribution in [3.63, 3.8) is 0 Å². The summed E-state index contributed by atoms with van der Waals surface area (Å²) in [5.74, 6) is 0. The molecule has 2 aromatic carbocycles. The number of benzene rings is 2. The first kappa shape index (κ1) is 12.3. The number of thioether (sulfide) groups is 1. The lowest BCUT2D eigenvalue weighted by Crippen LogP contribution is -1.92. The number of nitrogen functional groups attached to an aromatic ring is 1. The Labute approximate surface area is 114 Å². The van der Waals surface area contributed by atoms with E-state index in [4.69, 9.17) is 5.73 Å². The second kappa shape index (κ2) is 5.47. The highest BCUT2D eigenvalue weighted by molar-refractivity contribution is 9.10. The van der Waals surface area contributed by atoms with Crippen LogP contribution in [0.5, 0.6) is 0 Å². The summed E-state index contributed by atoms with van der Waals surface area (Å²) in [4.78, 5) is 1.26. The van der Waals surface area contributed by atoms with Gasteiger partial charge in [0.2, 0.25) is 0 Å². The van der Waals surface area contributed by atoms with Gasteiger partial charge in [0.05, 0.1) is 5.69 Å². The minimum atomic E-state index is 0.750. The molecule has 2 aromatic rings. The Bertz CT molecular complexity index is 511. The molecule has 0 aromatic heterocycles. The summed E-state index contributed by atoms with van der Waals surface area (Å²) < 4.78 is 0.964. The SMILES string of the molecule is CSc1ccc(Nc2ccc(N)cc2Br)cc1. The second-order valence-corrected chi connectivity index (χ2v) is 5.33. The van der Waals surface area contributed by atoms with Gasteiger partial charge in [0.15, 0.2) is 0 Å². The summed E-state index contributed by atoms with van der Waals surface area (Å²) in [6.07, 6.45) is 2.07. The molecule has 0 fully saturated rings. The molecular weight excluding hydrogens is 296 g/mol. The van der Waals surface area contributed by atoms with Gasteiger partial charge in [-0.1, -0.05) is 0 Å². The third-order valence-corrected chi connectivity index (χ3v) is 3.76. The molecule has 0 aliphatic heterocycles. The predicted octanol–water partition coefficient (Wildman–Crippen LogP) is 4.50. The largest absolute Gasteiger partial charge is 0.399 e. The zero-order valence-corrected chi connectivity index (χ0v) is 11.8. The predicted molar refractivity (Wildman–Crippen MR) is 80.1 cm³/mol. The third-order valence-electron chi connectivity index (χ3n) is 2.36. The Kier molecular flexibility index (Phi) is 3.97. The van der Waals surface area contributed by atoms with Gasteiger partial charge in [0, 0.05) is 20.7 Å². The highest BCUT2D eigenvalue weighted by Gasteiger charge is 2.00. The Morgan fingerprint density at radius 1 is 1.12 bits per heavy atom. The van der Waals surface area contributed by atoms with Crippen LogP contribution >= 0.6 is 27.7 Å². The van der Waals surface area contributed by atoms with E-state index < -0.39 is 0 Å². The standard InChI is InChI=1S/C13H13BrN2S/c1-17-11-5-3-10(4-6-11)16-13-7-2-9(15)8-12(13)14/h2-8,16H,15H2,1H3. The molecule has 0 heterocycles. The number of halogens is 1. The summed E-state index contributed by atoms with van der Waals surface area (Å²) in [5.41, 5.74) is 8.52. The van der Waals surface area contributed by atoms with Gasteiger partial charge < -0.3 is 11.1 Å². The smallest absolute Gasteiger partial charge is 0.0530 e. The van der Waals surface area contributed by atoms with Crippen molar-refractivity contribution in [2.75, 3.05) is 17.3 Å². The van der Waals surface area contributed by atoms with E-state index in [9.17, 15) is 0 Å². The molecule has 0 saturated carbocycles. The van der Waals surface area contributed by atoms with Gasteiger partial charge >= 0.3 is 0 Å². The summed E-state index contributed by atoms with van der Waals surface area (Å²) in [6.45, 7) is 0. The Morgan fingerprint density at radius 2 is 1.82 bits per heavy atom. The van der Waals surface area contributed by atoms with Crippen LogP contribution in [-0.2, 0) is 0 Å². The quantitative estimate of drug-likeness (QED) is 0.648. The van der Waals surface area contributed by atoms with Gasteiger partial charge in [0.1, 0.15) is 0 Å². The fourth-order valence-electron chi connectivity index (χ4n) is 1.46. The number of hydrogen-bond donors (Lipinski definition) is 2. The van der Waals surface area contributed by atoms with Crippen molar-refractivity contribution in [2.45, 2.75) is 4.90 Å². The van der Waals surface area contributed by atoms with Gasteiger partial charge in [-0.2, -0.15) is 0 Å². The molecule has 0 saturated heterocycles. The molecule has 0 aliphatic carbocycles. The maximum atomic E-state index is 5.70. The first-order valence-corrected chi connectivity index (χ1v) is 7.17. The van der Waals surface area contributed by atoms with Crippen LogP contribution in [0.25, 0.3) is 0 Å². The average Bonchev–Trinajstić information content (AvgIpc) is 2.34. The normalized spacial score (nSPS) is 10.2.